The third kappa shape index (κ3) is 2.89. The van der Waals surface area contributed by atoms with Crippen LogP contribution in [-0.4, -0.2) is 26.4 Å². The summed E-state index contributed by atoms with van der Waals surface area (Å²) >= 11 is 2.51. The van der Waals surface area contributed by atoms with Crippen molar-refractivity contribution in [3.05, 3.63) is 51.1 Å². The highest BCUT2D eigenvalue weighted by Gasteiger charge is 2.18. The van der Waals surface area contributed by atoms with Gasteiger partial charge in [-0.25, -0.2) is 4.98 Å². The lowest BCUT2D eigenvalue weighted by Gasteiger charge is -2.11. The smallest absolute Gasteiger partial charge is 0.313 e. The zero-order chi connectivity index (χ0) is 16.6. The molecule has 0 atom stereocenters. The van der Waals surface area contributed by atoms with Crippen molar-refractivity contribution in [2.75, 3.05) is 5.75 Å². The highest BCUT2D eigenvalue weighted by Crippen LogP contribution is 2.29. The van der Waals surface area contributed by atoms with Gasteiger partial charge in [0, 0.05) is 4.88 Å². The molecule has 0 amide bonds. The van der Waals surface area contributed by atoms with Crippen LogP contribution in [0.2, 0.25) is 0 Å². The molecule has 2 aromatic heterocycles. The predicted molar refractivity (Wildman–Crippen MR) is 93.1 cm³/mol. The number of aromatic nitrogens is 2. The van der Waals surface area contributed by atoms with Crippen molar-refractivity contribution in [3.63, 3.8) is 0 Å². The van der Waals surface area contributed by atoms with Gasteiger partial charge in [-0.05, 0) is 31.5 Å². The molecule has 0 radical (unpaired) electrons. The van der Waals surface area contributed by atoms with Crippen molar-refractivity contribution in [3.8, 4) is 5.69 Å². The molecule has 118 valence electrons. The van der Waals surface area contributed by atoms with Gasteiger partial charge in [0.2, 0.25) is 0 Å². The van der Waals surface area contributed by atoms with E-state index in [0.29, 0.717) is 21.1 Å². The fourth-order valence-corrected chi connectivity index (χ4v) is 4.11. The number of fused-ring (bicyclic) bond motifs is 1. The third-order valence-electron chi connectivity index (χ3n) is 3.51. The Hall–Kier alpha value is -2.12. The fraction of sp³-hybridized carbons (Fsp3) is 0.188. The van der Waals surface area contributed by atoms with Gasteiger partial charge < -0.3 is 5.11 Å². The molecule has 0 aliphatic carbocycles. The maximum atomic E-state index is 13.0. The number of benzene rings is 1. The normalized spacial score (nSPS) is 11.0. The first kappa shape index (κ1) is 15.8. The van der Waals surface area contributed by atoms with Crippen LogP contribution in [0.25, 0.3) is 15.9 Å². The SMILES string of the molecule is Cc1sc2nc(SCC(=O)O)n(-c3ccccc3)c(=O)c2c1C. The van der Waals surface area contributed by atoms with Gasteiger partial charge in [-0.3, -0.25) is 14.2 Å². The number of thioether (sulfide) groups is 1. The van der Waals surface area contributed by atoms with Crippen LogP contribution in [0.5, 0.6) is 0 Å². The number of aliphatic carboxylic acids is 1. The molecular weight excluding hydrogens is 332 g/mol. The summed E-state index contributed by atoms with van der Waals surface area (Å²) in [4.78, 5) is 30.1. The lowest BCUT2D eigenvalue weighted by Crippen LogP contribution is -2.22. The number of nitrogens with zero attached hydrogens (tertiary/aromatic N) is 2. The van der Waals surface area contributed by atoms with E-state index in [1.54, 1.807) is 0 Å². The van der Waals surface area contributed by atoms with Crippen molar-refractivity contribution in [2.45, 2.75) is 19.0 Å². The Morgan fingerprint density at radius 3 is 2.65 bits per heavy atom. The summed E-state index contributed by atoms with van der Waals surface area (Å²) in [7, 11) is 0. The first-order valence-electron chi connectivity index (χ1n) is 6.92. The van der Waals surface area contributed by atoms with E-state index in [9.17, 15) is 9.59 Å². The lowest BCUT2D eigenvalue weighted by atomic mass is 10.2. The van der Waals surface area contributed by atoms with Crippen LogP contribution in [0, 0.1) is 13.8 Å². The summed E-state index contributed by atoms with van der Waals surface area (Å²) in [5.74, 6) is -1.09. The summed E-state index contributed by atoms with van der Waals surface area (Å²) in [5.41, 5.74) is 1.46. The Morgan fingerprint density at radius 1 is 1.30 bits per heavy atom. The molecule has 0 unspecified atom stereocenters. The van der Waals surface area contributed by atoms with Gasteiger partial charge in [-0.1, -0.05) is 30.0 Å². The van der Waals surface area contributed by atoms with Gasteiger partial charge in [-0.15, -0.1) is 11.3 Å². The molecule has 0 fully saturated rings. The number of aryl methyl sites for hydroxylation is 2. The highest BCUT2D eigenvalue weighted by atomic mass is 32.2. The Kier molecular flexibility index (Phi) is 4.23. The number of carboxylic acid groups (broad SMARTS) is 1. The van der Waals surface area contributed by atoms with Crippen molar-refractivity contribution in [1.29, 1.82) is 0 Å². The van der Waals surface area contributed by atoms with E-state index in [1.165, 1.54) is 15.9 Å². The molecule has 0 saturated carbocycles. The van der Waals surface area contributed by atoms with E-state index in [-0.39, 0.29) is 11.3 Å². The van der Waals surface area contributed by atoms with E-state index in [2.05, 4.69) is 4.98 Å². The average Bonchev–Trinajstić information content (AvgIpc) is 2.81. The van der Waals surface area contributed by atoms with Crippen LogP contribution >= 0.6 is 23.1 Å². The summed E-state index contributed by atoms with van der Waals surface area (Å²) < 4.78 is 1.50. The molecule has 0 spiro atoms. The first-order chi connectivity index (χ1) is 11.0. The molecule has 1 N–H and O–H groups in total. The summed E-state index contributed by atoms with van der Waals surface area (Å²) in [5, 5.41) is 9.94. The van der Waals surface area contributed by atoms with Gasteiger partial charge in [0.25, 0.3) is 5.56 Å². The van der Waals surface area contributed by atoms with Crippen LogP contribution in [-0.2, 0) is 4.79 Å². The topological polar surface area (TPSA) is 72.2 Å². The molecule has 0 aliphatic heterocycles. The van der Waals surface area contributed by atoms with E-state index in [0.717, 1.165) is 22.2 Å². The van der Waals surface area contributed by atoms with Gasteiger partial charge >= 0.3 is 5.97 Å². The average molecular weight is 346 g/mol. The minimum atomic E-state index is -0.942. The molecule has 1 aromatic carbocycles. The monoisotopic (exact) mass is 346 g/mol. The van der Waals surface area contributed by atoms with Gasteiger partial charge in [0.1, 0.15) is 4.83 Å². The zero-order valence-electron chi connectivity index (χ0n) is 12.6. The molecule has 0 aliphatic rings. The molecule has 3 aromatic rings. The van der Waals surface area contributed by atoms with E-state index in [4.69, 9.17) is 5.11 Å². The molecule has 7 heteroatoms. The van der Waals surface area contributed by atoms with E-state index >= 15 is 0 Å². The second kappa shape index (κ2) is 6.17. The van der Waals surface area contributed by atoms with Crippen molar-refractivity contribution >= 4 is 39.3 Å². The number of carboxylic acids is 1. The molecule has 0 saturated heterocycles. The molecular formula is C16H14N2O3S2. The van der Waals surface area contributed by atoms with Gasteiger partial charge in [-0.2, -0.15) is 0 Å². The number of hydrogen-bond donors (Lipinski definition) is 1. The number of hydrogen-bond acceptors (Lipinski definition) is 5. The zero-order valence-corrected chi connectivity index (χ0v) is 14.2. The molecule has 5 nitrogen and oxygen atoms in total. The second-order valence-electron chi connectivity index (χ2n) is 5.02. The van der Waals surface area contributed by atoms with Crippen LogP contribution in [0.4, 0.5) is 0 Å². The number of thiophene rings is 1. The largest absolute Gasteiger partial charge is 0.481 e. The van der Waals surface area contributed by atoms with Crippen LogP contribution in [0.1, 0.15) is 10.4 Å². The molecule has 3 rings (SSSR count). The van der Waals surface area contributed by atoms with Gasteiger partial charge in [0.05, 0.1) is 16.8 Å². The molecule has 0 bridgehead atoms. The number of para-hydroxylation sites is 1. The summed E-state index contributed by atoms with van der Waals surface area (Å²) in [6.07, 6.45) is 0. The summed E-state index contributed by atoms with van der Waals surface area (Å²) in [6.45, 7) is 3.87. The van der Waals surface area contributed by atoms with E-state index < -0.39 is 5.97 Å². The minimum absolute atomic E-state index is 0.145. The van der Waals surface area contributed by atoms with Crippen LogP contribution < -0.4 is 5.56 Å². The van der Waals surface area contributed by atoms with Gasteiger partial charge in [0.15, 0.2) is 5.16 Å². The van der Waals surface area contributed by atoms with Crippen molar-refractivity contribution in [2.24, 2.45) is 0 Å². The number of carbonyl (C=O) groups is 1. The lowest BCUT2D eigenvalue weighted by molar-refractivity contribution is -0.133. The molecule has 23 heavy (non-hydrogen) atoms. The highest BCUT2D eigenvalue weighted by molar-refractivity contribution is 7.99. The van der Waals surface area contributed by atoms with Crippen molar-refractivity contribution < 1.29 is 9.90 Å². The Labute approximate surface area is 140 Å². The fourth-order valence-electron chi connectivity index (χ4n) is 2.30. The maximum Gasteiger partial charge on any atom is 0.313 e. The van der Waals surface area contributed by atoms with Crippen LogP contribution in [0.15, 0.2) is 40.3 Å². The molecule has 2 heterocycles. The van der Waals surface area contributed by atoms with Crippen LogP contribution in [0.3, 0.4) is 0 Å². The summed E-state index contributed by atoms with van der Waals surface area (Å²) in [6, 6.07) is 9.17. The Balaban J connectivity index is 2.31. The maximum absolute atomic E-state index is 13.0. The Morgan fingerprint density at radius 2 is 2.00 bits per heavy atom. The van der Waals surface area contributed by atoms with Crippen molar-refractivity contribution in [1.82, 2.24) is 9.55 Å². The third-order valence-corrected chi connectivity index (χ3v) is 5.54. The Bertz CT molecular complexity index is 945. The van der Waals surface area contributed by atoms with E-state index in [1.807, 2.05) is 44.2 Å². The standard InChI is InChI=1S/C16H14N2O3S2/c1-9-10(2)23-14-13(9)15(21)18(11-6-4-3-5-7-11)16(17-14)22-8-12(19)20/h3-7H,8H2,1-2H3,(H,19,20). The minimum Gasteiger partial charge on any atom is -0.481 e. The predicted octanol–water partition coefficient (Wildman–Crippen LogP) is 3.24. The quantitative estimate of drug-likeness (QED) is 0.580. The number of rotatable bonds is 4. The first-order valence-corrected chi connectivity index (χ1v) is 8.72. The second-order valence-corrected chi connectivity index (χ2v) is 7.16.